The molecule has 37 heavy (non-hydrogen) atoms. The van der Waals surface area contributed by atoms with E-state index in [4.69, 9.17) is 9.47 Å². The van der Waals surface area contributed by atoms with Crippen molar-refractivity contribution in [1.82, 2.24) is 9.97 Å². The number of methoxy groups -OCH3 is 1. The van der Waals surface area contributed by atoms with Crippen molar-refractivity contribution in [2.45, 2.75) is 73.7 Å². The third kappa shape index (κ3) is 5.56. The zero-order chi connectivity index (χ0) is 26.2. The van der Waals surface area contributed by atoms with Crippen LogP contribution in [0.5, 0.6) is 0 Å². The fourth-order valence-electron chi connectivity index (χ4n) is 5.02. The van der Waals surface area contributed by atoms with Crippen molar-refractivity contribution in [3.63, 3.8) is 0 Å². The normalized spacial score (nSPS) is 20.4. The topological polar surface area (TPSA) is 102 Å². The quantitative estimate of drug-likeness (QED) is 0.361. The van der Waals surface area contributed by atoms with Crippen molar-refractivity contribution >= 4 is 21.2 Å². The summed E-state index contributed by atoms with van der Waals surface area (Å²) in [7, 11) is -1.62. The van der Waals surface area contributed by atoms with Gasteiger partial charge in [0.2, 0.25) is 0 Å². The molecule has 5 rings (SSSR count). The Kier molecular flexibility index (Phi) is 7.62. The van der Waals surface area contributed by atoms with Gasteiger partial charge < -0.3 is 19.6 Å². The summed E-state index contributed by atoms with van der Waals surface area (Å²) >= 11 is 1.45. The number of aromatic amines is 1. The predicted octanol–water partition coefficient (Wildman–Crippen LogP) is 5.27. The zero-order valence-corrected chi connectivity index (χ0v) is 23.3. The van der Waals surface area contributed by atoms with Crippen LogP contribution in [-0.2, 0) is 24.9 Å². The van der Waals surface area contributed by atoms with Crippen LogP contribution in [0.4, 0.5) is 0 Å². The Hall–Kier alpha value is -2.04. The van der Waals surface area contributed by atoms with E-state index in [0.29, 0.717) is 10.8 Å². The molecule has 1 aliphatic heterocycles. The van der Waals surface area contributed by atoms with E-state index >= 15 is 0 Å². The predicted molar refractivity (Wildman–Crippen MR) is 145 cm³/mol. The van der Waals surface area contributed by atoms with Gasteiger partial charge >= 0.3 is 0 Å². The molecule has 2 N–H and O–H groups in total. The lowest BCUT2D eigenvalue weighted by molar-refractivity contribution is -0.0749. The minimum absolute atomic E-state index is 0.102. The number of thiazole rings is 1. The van der Waals surface area contributed by atoms with E-state index in [0.717, 1.165) is 72.2 Å². The molecule has 3 unspecified atom stereocenters. The molecule has 9 heteroatoms. The van der Waals surface area contributed by atoms with E-state index in [-0.39, 0.29) is 17.3 Å². The molecule has 0 bridgehead atoms. The summed E-state index contributed by atoms with van der Waals surface area (Å²) in [6, 6.07) is 11.6. The van der Waals surface area contributed by atoms with Gasteiger partial charge in [-0.25, -0.2) is 13.4 Å². The Morgan fingerprint density at radius 3 is 2.51 bits per heavy atom. The molecule has 2 aliphatic rings. The minimum Gasteiger partial charge on any atom is -0.382 e. The average Bonchev–Trinajstić information content (AvgIpc) is 3.46. The molecule has 0 amide bonds. The summed E-state index contributed by atoms with van der Waals surface area (Å²) in [6.07, 6.45) is 5.90. The van der Waals surface area contributed by atoms with Gasteiger partial charge in [0.1, 0.15) is 10.6 Å². The molecule has 3 heterocycles. The second-order valence-electron chi connectivity index (χ2n) is 10.5. The number of rotatable bonds is 10. The molecule has 1 saturated heterocycles. The second-order valence-corrected chi connectivity index (χ2v) is 13.8. The highest BCUT2D eigenvalue weighted by atomic mass is 32.2. The Bertz CT molecular complexity index is 1300. The molecule has 3 aromatic rings. The van der Waals surface area contributed by atoms with Crippen molar-refractivity contribution in [2.75, 3.05) is 20.3 Å². The van der Waals surface area contributed by atoms with Crippen LogP contribution in [0.15, 0.2) is 47.5 Å². The molecule has 0 radical (unpaired) electrons. The summed E-state index contributed by atoms with van der Waals surface area (Å²) in [5.41, 5.74) is 1.95. The van der Waals surface area contributed by atoms with Crippen LogP contribution in [0.25, 0.3) is 10.7 Å². The summed E-state index contributed by atoms with van der Waals surface area (Å²) in [5.74, 6) is 0.642. The number of ether oxygens (including phenoxy) is 2. The van der Waals surface area contributed by atoms with Crippen molar-refractivity contribution in [2.24, 2.45) is 5.92 Å². The van der Waals surface area contributed by atoms with Crippen LogP contribution < -0.4 is 0 Å². The van der Waals surface area contributed by atoms with E-state index < -0.39 is 15.4 Å². The number of benzene rings is 1. The maximum Gasteiger partial charge on any atom is 0.181 e. The van der Waals surface area contributed by atoms with Gasteiger partial charge in [0, 0.05) is 38.1 Å². The number of nitrogens with one attached hydrogen (secondary N) is 1. The van der Waals surface area contributed by atoms with Gasteiger partial charge in [-0.1, -0.05) is 12.1 Å². The fraction of sp³-hybridized carbons (Fsp3) is 0.536. The number of hydrogen-bond donors (Lipinski definition) is 2. The molecule has 3 atom stereocenters. The van der Waals surface area contributed by atoms with Crippen molar-refractivity contribution in [3.05, 3.63) is 58.7 Å². The van der Waals surface area contributed by atoms with Gasteiger partial charge in [-0.3, -0.25) is 0 Å². The number of nitrogens with zero attached hydrogens (tertiary/aromatic N) is 1. The van der Waals surface area contributed by atoms with E-state index in [1.54, 1.807) is 32.4 Å². The van der Waals surface area contributed by atoms with Crippen LogP contribution in [-0.4, -0.2) is 55.2 Å². The first-order chi connectivity index (χ1) is 17.7. The van der Waals surface area contributed by atoms with Gasteiger partial charge in [-0.15, -0.1) is 11.3 Å². The molecular weight excluding hydrogens is 508 g/mol. The number of aromatic nitrogens is 2. The molecule has 1 aliphatic carbocycles. The van der Waals surface area contributed by atoms with Crippen LogP contribution in [0.1, 0.15) is 68.0 Å². The number of H-pyrrole nitrogens is 1. The Labute approximate surface area is 223 Å². The fourth-order valence-corrected chi connectivity index (χ4v) is 7.70. The van der Waals surface area contributed by atoms with Gasteiger partial charge in [-0.2, -0.15) is 0 Å². The number of aliphatic hydroxyl groups is 1. The van der Waals surface area contributed by atoms with Gasteiger partial charge in [-0.05, 0) is 81.7 Å². The van der Waals surface area contributed by atoms with E-state index in [9.17, 15) is 13.5 Å². The van der Waals surface area contributed by atoms with Crippen LogP contribution >= 0.6 is 11.3 Å². The lowest BCUT2D eigenvalue weighted by atomic mass is 9.83. The first-order valence-electron chi connectivity index (χ1n) is 13.0. The summed E-state index contributed by atoms with van der Waals surface area (Å²) in [4.78, 5) is 9.33. The Balaban J connectivity index is 1.42. The third-order valence-corrected chi connectivity index (χ3v) is 11.5. The number of hydrogen-bond acceptors (Lipinski definition) is 7. The highest BCUT2D eigenvalue weighted by Crippen LogP contribution is 2.39. The molecule has 7 nitrogen and oxygen atoms in total. The van der Waals surface area contributed by atoms with Gasteiger partial charge in [0.15, 0.2) is 9.84 Å². The summed E-state index contributed by atoms with van der Waals surface area (Å²) in [5, 5.41) is 11.5. The molecule has 1 aromatic carbocycles. The molecule has 2 fully saturated rings. The van der Waals surface area contributed by atoms with E-state index in [2.05, 4.69) is 16.0 Å². The SMILES string of the molecule is COC(C)C(C)(O)c1cnc(-c2ccc(C(CC3CCOCC3)c3ccc(S(=O)(=O)C4CC4)cc3)[nH]2)s1. The summed E-state index contributed by atoms with van der Waals surface area (Å²) < 4.78 is 36.4. The van der Waals surface area contributed by atoms with Gasteiger partial charge in [0.05, 0.1) is 26.8 Å². The molecular formula is C28H36N2O5S2. The highest BCUT2D eigenvalue weighted by molar-refractivity contribution is 7.92. The molecule has 1 saturated carbocycles. The first kappa shape index (κ1) is 26.6. The van der Waals surface area contributed by atoms with Crippen LogP contribution in [0, 0.1) is 5.92 Å². The smallest absolute Gasteiger partial charge is 0.181 e. The van der Waals surface area contributed by atoms with Crippen molar-refractivity contribution in [3.8, 4) is 10.7 Å². The number of sulfone groups is 1. The maximum atomic E-state index is 12.7. The zero-order valence-electron chi connectivity index (χ0n) is 21.6. The second kappa shape index (κ2) is 10.6. The lowest BCUT2D eigenvalue weighted by Gasteiger charge is -2.27. The largest absolute Gasteiger partial charge is 0.382 e. The molecule has 0 spiro atoms. The highest BCUT2D eigenvalue weighted by Gasteiger charge is 2.37. The molecule has 200 valence electrons. The lowest BCUT2D eigenvalue weighted by Crippen LogP contribution is -2.34. The van der Waals surface area contributed by atoms with E-state index in [1.165, 1.54) is 11.3 Å². The monoisotopic (exact) mass is 544 g/mol. The van der Waals surface area contributed by atoms with Crippen molar-refractivity contribution < 1.29 is 23.0 Å². The van der Waals surface area contributed by atoms with E-state index in [1.807, 2.05) is 25.1 Å². The maximum absolute atomic E-state index is 12.7. The molecule has 2 aromatic heterocycles. The first-order valence-corrected chi connectivity index (χ1v) is 15.4. The Morgan fingerprint density at radius 1 is 1.16 bits per heavy atom. The Morgan fingerprint density at radius 2 is 1.86 bits per heavy atom. The standard InChI is InChI=1S/C28H36N2O5S2/c1-18(34-3)28(2,31)26-17-29-27(36-26)25-11-10-24(30-25)23(16-19-12-14-35-15-13-19)20-4-6-21(7-5-20)37(32,33)22-8-9-22/h4-7,10-11,17-19,22-23,30-31H,8-9,12-16H2,1-3H3. The van der Waals surface area contributed by atoms with Crippen LogP contribution in [0.3, 0.4) is 0 Å². The minimum atomic E-state index is -3.21. The summed E-state index contributed by atoms with van der Waals surface area (Å²) in [6.45, 7) is 5.16. The van der Waals surface area contributed by atoms with Gasteiger partial charge in [0.25, 0.3) is 0 Å². The van der Waals surface area contributed by atoms with Crippen LogP contribution in [0.2, 0.25) is 0 Å². The average molecular weight is 545 g/mol. The third-order valence-electron chi connectivity index (χ3n) is 7.95. The van der Waals surface area contributed by atoms with Crippen molar-refractivity contribution in [1.29, 1.82) is 0 Å².